The van der Waals surface area contributed by atoms with Crippen LogP contribution in [0.15, 0.2) is 41.7 Å². The van der Waals surface area contributed by atoms with E-state index in [1.165, 1.54) is 0 Å². The van der Waals surface area contributed by atoms with Gasteiger partial charge in [-0.2, -0.15) is 4.31 Å². The molecule has 0 saturated carbocycles. The smallest absolute Gasteiger partial charge is 0.243 e. The second-order valence-electron chi connectivity index (χ2n) is 5.70. The van der Waals surface area contributed by atoms with E-state index in [2.05, 4.69) is 14.9 Å². The van der Waals surface area contributed by atoms with E-state index >= 15 is 0 Å². The summed E-state index contributed by atoms with van der Waals surface area (Å²) in [6.07, 6.45) is 4.98. The van der Waals surface area contributed by atoms with Gasteiger partial charge in [0.2, 0.25) is 10.0 Å². The molecule has 0 atom stereocenters. The van der Waals surface area contributed by atoms with Crippen LogP contribution < -0.4 is 4.90 Å². The minimum atomic E-state index is -3.44. The molecule has 6 nitrogen and oxygen atoms in total. The minimum Gasteiger partial charge on any atom is -0.353 e. The molecule has 1 aromatic carbocycles. The molecule has 0 bridgehead atoms. The monoisotopic (exact) mass is 332 g/mol. The SMILES string of the molecule is Cc1ccc(S(=O)(=O)N2CCN(c3cnccn3)CC2)cc1C. The van der Waals surface area contributed by atoms with Gasteiger partial charge in [-0.3, -0.25) is 4.98 Å². The zero-order valence-electron chi connectivity index (χ0n) is 13.3. The number of hydrogen-bond acceptors (Lipinski definition) is 5. The Hall–Kier alpha value is -1.99. The van der Waals surface area contributed by atoms with Gasteiger partial charge in [0, 0.05) is 38.6 Å². The van der Waals surface area contributed by atoms with Gasteiger partial charge in [-0.1, -0.05) is 6.07 Å². The number of nitrogens with zero attached hydrogens (tertiary/aromatic N) is 4. The molecule has 0 radical (unpaired) electrons. The Labute approximate surface area is 136 Å². The summed E-state index contributed by atoms with van der Waals surface area (Å²) in [5, 5.41) is 0. The molecular weight excluding hydrogens is 312 g/mol. The first-order chi connectivity index (χ1) is 11.0. The van der Waals surface area contributed by atoms with Gasteiger partial charge in [0.1, 0.15) is 5.82 Å². The highest BCUT2D eigenvalue weighted by Gasteiger charge is 2.29. The van der Waals surface area contributed by atoms with E-state index < -0.39 is 10.0 Å². The first-order valence-corrected chi connectivity index (χ1v) is 9.01. The first kappa shape index (κ1) is 15.9. The third-order valence-electron chi connectivity index (χ3n) is 4.23. The molecule has 0 unspecified atom stereocenters. The van der Waals surface area contributed by atoms with Crippen molar-refractivity contribution in [1.82, 2.24) is 14.3 Å². The molecule has 2 heterocycles. The number of rotatable bonds is 3. The van der Waals surface area contributed by atoms with Crippen LogP contribution in [0.1, 0.15) is 11.1 Å². The van der Waals surface area contributed by atoms with Crippen molar-refractivity contribution in [3.8, 4) is 0 Å². The van der Waals surface area contributed by atoms with Crippen molar-refractivity contribution in [3.63, 3.8) is 0 Å². The van der Waals surface area contributed by atoms with Crippen LogP contribution >= 0.6 is 0 Å². The average Bonchev–Trinajstić information content (AvgIpc) is 2.58. The molecule has 1 fully saturated rings. The lowest BCUT2D eigenvalue weighted by Crippen LogP contribution is -2.48. The molecule has 1 aliphatic rings. The van der Waals surface area contributed by atoms with Gasteiger partial charge in [0.05, 0.1) is 11.1 Å². The van der Waals surface area contributed by atoms with E-state index in [1.807, 2.05) is 19.9 Å². The van der Waals surface area contributed by atoms with Gasteiger partial charge >= 0.3 is 0 Å². The molecule has 3 rings (SSSR count). The Bertz CT molecular complexity index is 785. The van der Waals surface area contributed by atoms with Crippen LogP contribution in [0.25, 0.3) is 0 Å². The first-order valence-electron chi connectivity index (χ1n) is 7.57. The highest BCUT2D eigenvalue weighted by Crippen LogP contribution is 2.21. The van der Waals surface area contributed by atoms with E-state index in [9.17, 15) is 8.42 Å². The Morgan fingerprint density at radius 2 is 1.74 bits per heavy atom. The summed E-state index contributed by atoms with van der Waals surface area (Å²) in [6.45, 7) is 6.04. The lowest BCUT2D eigenvalue weighted by atomic mass is 10.1. The number of anilines is 1. The quantitative estimate of drug-likeness (QED) is 0.854. The maximum Gasteiger partial charge on any atom is 0.243 e. The predicted molar refractivity (Wildman–Crippen MR) is 88.9 cm³/mol. The zero-order valence-corrected chi connectivity index (χ0v) is 14.1. The molecule has 0 spiro atoms. The van der Waals surface area contributed by atoms with Crippen LogP contribution in [-0.2, 0) is 10.0 Å². The lowest BCUT2D eigenvalue weighted by Gasteiger charge is -2.34. The minimum absolute atomic E-state index is 0.369. The van der Waals surface area contributed by atoms with Crippen molar-refractivity contribution in [2.45, 2.75) is 18.7 Å². The topological polar surface area (TPSA) is 66.4 Å². The molecule has 0 aliphatic carbocycles. The van der Waals surface area contributed by atoms with E-state index in [0.29, 0.717) is 31.1 Å². The summed E-state index contributed by atoms with van der Waals surface area (Å²) in [7, 11) is -3.44. The Kier molecular flexibility index (Phi) is 4.32. The molecule has 1 aliphatic heterocycles. The van der Waals surface area contributed by atoms with E-state index in [4.69, 9.17) is 0 Å². The predicted octanol–water partition coefficient (Wildman–Crippen LogP) is 1.60. The molecule has 122 valence electrons. The van der Waals surface area contributed by atoms with Crippen molar-refractivity contribution in [3.05, 3.63) is 47.9 Å². The average molecular weight is 332 g/mol. The van der Waals surface area contributed by atoms with Gasteiger partial charge in [-0.05, 0) is 37.1 Å². The highest BCUT2D eigenvalue weighted by atomic mass is 32.2. The van der Waals surface area contributed by atoms with Crippen LogP contribution in [-0.4, -0.2) is 48.9 Å². The second kappa shape index (κ2) is 6.25. The van der Waals surface area contributed by atoms with Crippen molar-refractivity contribution >= 4 is 15.8 Å². The normalized spacial score (nSPS) is 16.5. The highest BCUT2D eigenvalue weighted by molar-refractivity contribution is 7.89. The van der Waals surface area contributed by atoms with E-state index in [-0.39, 0.29) is 0 Å². The maximum atomic E-state index is 12.8. The van der Waals surface area contributed by atoms with Gasteiger partial charge in [-0.25, -0.2) is 13.4 Å². The van der Waals surface area contributed by atoms with Crippen LogP contribution in [0.3, 0.4) is 0 Å². The van der Waals surface area contributed by atoms with Gasteiger partial charge in [0.25, 0.3) is 0 Å². The molecule has 7 heteroatoms. The number of hydrogen-bond donors (Lipinski definition) is 0. The van der Waals surface area contributed by atoms with Crippen molar-refractivity contribution < 1.29 is 8.42 Å². The summed E-state index contributed by atoms with van der Waals surface area (Å²) in [4.78, 5) is 10.7. The third kappa shape index (κ3) is 3.20. The number of benzene rings is 1. The van der Waals surface area contributed by atoms with E-state index in [1.54, 1.807) is 35.0 Å². The molecule has 2 aromatic rings. The lowest BCUT2D eigenvalue weighted by molar-refractivity contribution is 0.383. The Balaban J connectivity index is 1.75. The zero-order chi connectivity index (χ0) is 16.4. The van der Waals surface area contributed by atoms with Gasteiger partial charge in [0.15, 0.2) is 0 Å². The summed E-state index contributed by atoms with van der Waals surface area (Å²) in [5.41, 5.74) is 2.08. The van der Waals surface area contributed by atoms with Crippen molar-refractivity contribution in [1.29, 1.82) is 0 Å². The third-order valence-corrected chi connectivity index (χ3v) is 6.12. The summed E-state index contributed by atoms with van der Waals surface area (Å²) in [6, 6.07) is 5.30. The maximum absolute atomic E-state index is 12.8. The molecular formula is C16H20N4O2S. The van der Waals surface area contributed by atoms with Crippen LogP contribution in [0.2, 0.25) is 0 Å². The number of aromatic nitrogens is 2. The molecule has 0 N–H and O–H groups in total. The number of sulfonamides is 1. The standard InChI is InChI=1S/C16H20N4O2S/c1-13-3-4-15(11-14(13)2)23(21,22)20-9-7-19(8-10-20)16-12-17-5-6-18-16/h3-6,11-12H,7-10H2,1-2H3. The van der Waals surface area contributed by atoms with Crippen LogP contribution in [0.4, 0.5) is 5.82 Å². The Morgan fingerprint density at radius 1 is 1.00 bits per heavy atom. The fourth-order valence-electron chi connectivity index (χ4n) is 2.64. The fraction of sp³-hybridized carbons (Fsp3) is 0.375. The van der Waals surface area contributed by atoms with Crippen molar-refractivity contribution in [2.75, 3.05) is 31.1 Å². The van der Waals surface area contributed by atoms with Crippen LogP contribution in [0, 0.1) is 13.8 Å². The molecule has 1 saturated heterocycles. The summed E-state index contributed by atoms with van der Waals surface area (Å²) < 4.78 is 27.1. The molecule has 0 amide bonds. The summed E-state index contributed by atoms with van der Waals surface area (Å²) in [5.74, 6) is 0.788. The van der Waals surface area contributed by atoms with Gasteiger partial charge < -0.3 is 4.90 Å². The Morgan fingerprint density at radius 3 is 2.35 bits per heavy atom. The largest absolute Gasteiger partial charge is 0.353 e. The molecule has 23 heavy (non-hydrogen) atoms. The van der Waals surface area contributed by atoms with Crippen molar-refractivity contribution in [2.24, 2.45) is 0 Å². The fourth-order valence-corrected chi connectivity index (χ4v) is 4.14. The molecule has 1 aromatic heterocycles. The van der Waals surface area contributed by atoms with Gasteiger partial charge in [-0.15, -0.1) is 0 Å². The van der Waals surface area contributed by atoms with Crippen LogP contribution in [0.5, 0.6) is 0 Å². The summed E-state index contributed by atoms with van der Waals surface area (Å²) >= 11 is 0. The van der Waals surface area contributed by atoms with E-state index in [0.717, 1.165) is 16.9 Å². The number of aryl methyl sites for hydroxylation is 2. The second-order valence-corrected chi connectivity index (χ2v) is 7.64. The number of piperazine rings is 1.